The van der Waals surface area contributed by atoms with Gasteiger partial charge in [0.05, 0.1) is 19.6 Å². The molecule has 0 aliphatic heterocycles. The van der Waals surface area contributed by atoms with E-state index in [4.69, 9.17) is 4.42 Å². The number of alkyl halides is 3. The highest BCUT2D eigenvalue weighted by molar-refractivity contribution is 5.07. The molecule has 0 radical (unpaired) electrons. The maximum Gasteiger partial charge on any atom is 0.401 e. The molecule has 0 aliphatic carbocycles. The second-order valence-electron chi connectivity index (χ2n) is 3.94. The Kier molecular flexibility index (Phi) is 5.02. The Morgan fingerprint density at radius 3 is 2.53 bits per heavy atom. The van der Waals surface area contributed by atoms with Gasteiger partial charge in [-0.3, -0.25) is 4.90 Å². The van der Waals surface area contributed by atoms with Gasteiger partial charge in [0.2, 0.25) is 0 Å². The van der Waals surface area contributed by atoms with Gasteiger partial charge in [0, 0.05) is 0 Å². The van der Waals surface area contributed by atoms with Crippen molar-refractivity contribution in [2.75, 3.05) is 20.1 Å². The first-order valence-electron chi connectivity index (χ1n) is 5.44. The summed E-state index contributed by atoms with van der Waals surface area (Å²) < 4.78 is 41.7. The van der Waals surface area contributed by atoms with Crippen molar-refractivity contribution in [2.45, 2.75) is 26.2 Å². The maximum atomic E-state index is 12.1. The molecule has 3 nitrogen and oxygen atoms in total. The van der Waals surface area contributed by atoms with Crippen LogP contribution in [0.15, 0.2) is 16.5 Å². The van der Waals surface area contributed by atoms with E-state index in [0.29, 0.717) is 12.3 Å². The van der Waals surface area contributed by atoms with Crippen LogP contribution in [0.5, 0.6) is 0 Å². The zero-order valence-corrected chi connectivity index (χ0v) is 9.97. The molecule has 0 aromatic carbocycles. The Bertz CT molecular complexity index is 336. The molecule has 0 saturated heterocycles. The van der Waals surface area contributed by atoms with E-state index in [9.17, 15) is 13.2 Å². The zero-order chi connectivity index (χ0) is 12.9. The smallest absolute Gasteiger partial charge is 0.401 e. The molecule has 98 valence electrons. The van der Waals surface area contributed by atoms with Crippen molar-refractivity contribution in [1.29, 1.82) is 0 Å². The lowest BCUT2D eigenvalue weighted by atomic mass is 10.4. The highest BCUT2D eigenvalue weighted by atomic mass is 19.4. The fourth-order valence-electron chi connectivity index (χ4n) is 1.48. The molecule has 1 aromatic heterocycles. The number of furan rings is 1. The predicted molar refractivity (Wildman–Crippen MR) is 58.5 cm³/mol. The zero-order valence-electron chi connectivity index (χ0n) is 9.97. The van der Waals surface area contributed by atoms with Crippen LogP contribution in [0.4, 0.5) is 13.2 Å². The van der Waals surface area contributed by atoms with E-state index < -0.39 is 12.7 Å². The molecule has 6 heteroatoms. The minimum atomic E-state index is -4.17. The number of nitrogens with zero attached hydrogens (tertiary/aromatic N) is 1. The van der Waals surface area contributed by atoms with Gasteiger partial charge >= 0.3 is 6.18 Å². The van der Waals surface area contributed by atoms with Gasteiger partial charge in [-0.25, -0.2) is 0 Å². The van der Waals surface area contributed by atoms with Crippen molar-refractivity contribution in [3.05, 3.63) is 23.7 Å². The topological polar surface area (TPSA) is 28.4 Å². The quantitative estimate of drug-likeness (QED) is 0.840. The maximum absolute atomic E-state index is 12.1. The molecule has 17 heavy (non-hydrogen) atoms. The van der Waals surface area contributed by atoms with E-state index in [1.165, 1.54) is 11.9 Å². The molecule has 1 heterocycles. The normalized spacial score (nSPS) is 12.4. The van der Waals surface area contributed by atoms with Crippen LogP contribution >= 0.6 is 0 Å². The van der Waals surface area contributed by atoms with Crippen molar-refractivity contribution in [1.82, 2.24) is 10.2 Å². The van der Waals surface area contributed by atoms with Crippen LogP contribution in [0.25, 0.3) is 0 Å². The minimum Gasteiger partial charge on any atom is -0.463 e. The number of nitrogens with one attached hydrogen (secondary N) is 1. The number of halogens is 3. The summed E-state index contributed by atoms with van der Waals surface area (Å²) in [4.78, 5) is 1.18. The third-order valence-corrected chi connectivity index (χ3v) is 2.14. The molecule has 1 aromatic rings. The molecule has 0 fully saturated rings. The summed E-state index contributed by atoms with van der Waals surface area (Å²) in [6.07, 6.45) is -4.17. The highest BCUT2D eigenvalue weighted by Crippen LogP contribution is 2.17. The van der Waals surface area contributed by atoms with Gasteiger partial charge in [-0.15, -0.1) is 0 Å². The average molecular weight is 250 g/mol. The third-order valence-electron chi connectivity index (χ3n) is 2.14. The van der Waals surface area contributed by atoms with Crippen LogP contribution in [-0.2, 0) is 13.1 Å². The number of hydrogen-bond donors (Lipinski definition) is 1. The second-order valence-corrected chi connectivity index (χ2v) is 3.94. The Hall–Kier alpha value is -1.01. The van der Waals surface area contributed by atoms with Crippen LogP contribution in [0.1, 0.15) is 18.4 Å². The van der Waals surface area contributed by atoms with Crippen LogP contribution in [0, 0.1) is 0 Å². The van der Waals surface area contributed by atoms with E-state index in [1.54, 1.807) is 12.1 Å². The van der Waals surface area contributed by atoms with Crippen LogP contribution in [0.3, 0.4) is 0 Å². The van der Waals surface area contributed by atoms with Gasteiger partial charge in [0.1, 0.15) is 11.5 Å². The van der Waals surface area contributed by atoms with Crippen molar-refractivity contribution in [3.8, 4) is 0 Å². The molecule has 0 saturated carbocycles. The molecule has 1 N–H and O–H groups in total. The van der Waals surface area contributed by atoms with Crippen molar-refractivity contribution in [3.63, 3.8) is 0 Å². The summed E-state index contributed by atoms with van der Waals surface area (Å²) in [7, 11) is 1.42. The Morgan fingerprint density at radius 2 is 1.94 bits per heavy atom. The van der Waals surface area contributed by atoms with Gasteiger partial charge in [0.15, 0.2) is 0 Å². The lowest BCUT2D eigenvalue weighted by molar-refractivity contribution is -0.144. The van der Waals surface area contributed by atoms with Gasteiger partial charge < -0.3 is 9.73 Å². The van der Waals surface area contributed by atoms with E-state index in [1.807, 2.05) is 6.92 Å². The Labute approximate surface area is 98.6 Å². The SMILES string of the molecule is CCNCc1ccc(CN(C)CC(F)(F)F)o1. The first-order chi connectivity index (χ1) is 7.90. The average Bonchev–Trinajstić information content (AvgIpc) is 2.59. The fraction of sp³-hybridized carbons (Fsp3) is 0.636. The highest BCUT2D eigenvalue weighted by Gasteiger charge is 2.29. The van der Waals surface area contributed by atoms with Gasteiger partial charge in [-0.2, -0.15) is 13.2 Å². The molecule has 0 bridgehead atoms. The summed E-state index contributed by atoms with van der Waals surface area (Å²) in [6.45, 7) is 2.62. The predicted octanol–water partition coefficient (Wildman–Crippen LogP) is 2.38. The first-order valence-corrected chi connectivity index (χ1v) is 5.44. The molecule has 0 amide bonds. The Morgan fingerprint density at radius 1 is 1.29 bits per heavy atom. The molecular weight excluding hydrogens is 233 g/mol. The summed E-state index contributed by atoms with van der Waals surface area (Å²) >= 11 is 0. The lowest BCUT2D eigenvalue weighted by Gasteiger charge is -2.16. The van der Waals surface area contributed by atoms with Crippen molar-refractivity contribution in [2.24, 2.45) is 0 Å². The molecule has 0 unspecified atom stereocenters. The van der Waals surface area contributed by atoms with E-state index >= 15 is 0 Å². The van der Waals surface area contributed by atoms with E-state index in [0.717, 1.165) is 12.3 Å². The van der Waals surface area contributed by atoms with Gasteiger partial charge in [0.25, 0.3) is 0 Å². The summed E-state index contributed by atoms with van der Waals surface area (Å²) in [5, 5.41) is 3.08. The minimum absolute atomic E-state index is 0.158. The molecule has 0 spiro atoms. The van der Waals surface area contributed by atoms with Gasteiger partial charge in [-0.1, -0.05) is 6.92 Å². The summed E-state index contributed by atoms with van der Waals surface area (Å²) in [5.74, 6) is 1.28. The molecule has 1 rings (SSSR count). The second kappa shape index (κ2) is 6.07. The monoisotopic (exact) mass is 250 g/mol. The van der Waals surface area contributed by atoms with E-state index in [2.05, 4.69) is 5.32 Å². The summed E-state index contributed by atoms with van der Waals surface area (Å²) in [6, 6.07) is 3.49. The molecule has 0 aliphatic rings. The van der Waals surface area contributed by atoms with Crippen molar-refractivity contribution >= 4 is 0 Å². The lowest BCUT2D eigenvalue weighted by Crippen LogP contribution is -2.30. The number of rotatable bonds is 6. The summed E-state index contributed by atoms with van der Waals surface area (Å²) in [5.41, 5.74) is 0. The van der Waals surface area contributed by atoms with Crippen LogP contribution < -0.4 is 5.32 Å². The largest absolute Gasteiger partial charge is 0.463 e. The first kappa shape index (κ1) is 14.1. The Balaban J connectivity index is 2.43. The van der Waals surface area contributed by atoms with Crippen LogP contribution in [-0.4, -0.2) is 31.2 Å². The van der Waals surface area contributed by atoms with Crippen LogP contribution in [0.2, 0.25) is 0 Å². The fourth-order valence-corrected chi connectivity index (χ4v) is 1.48. The molecule has 0 atom stereocenters. The third kappa shape index (κ3) is 5.74. The van der Waals surface area contributed by atoms with Gasteiger partial charge in [-0.05, 0) is 25.7 Å². The standard InChI is InChI=1S/C11H17F3N2O/c1-3-15-6-9-4-5-10(17-9)7-16(2)8-11(12,13)14/h4-5,15H,3,6-8H2,1-2H3. The number of hydrogen-bond acceptors (Lipinski definition) is 3. The van der Waals surface area contributed by atoms with E-state index in [-0.39, 0.29) is 6.54 Å². The van der Waals surface area contributed by atoms with Crippen molar-refractivity contribution < 1.29 is 17.6 Å². The molecular formula is C11H17F3N2O.